The average molecular weight is 528 g/mol. The van der Waals surface area contributed by atoms with Crippen molar-refractivity contribution in [3.8, 4) is 11.5 Å². The van der Waals surface area contributed by atoms with Crippen molar-refractivity contribution in [2.75, 3.05) is 45.2 Å². The van der Waals surface area contributed by atoms with Crippen molar-refractivity contribution in [3.05, 3.63) is 12.1 Å². The second-order valence-electron chi connectivity index (χ2n) is 13.2. The molecule has 1 aromatic carbocycles. The Kier molecular flexibility index (Phi) is 7.64. The van der Waals surface area contributed by atoms with Crippen LogP contribution in [-0.4, -0.2) is 40.3 Å². The van der Waals surface area contributed by atoms with Gasteiger partial charge in [-0.3, -0.25) is 4.79 Å². The summed E-state index contributed by atoms with van der Waals surface area (Å²) >= 11 is 0. The van der Waals surface area contributed by atoms with Gasteiger partial charge in [0.1, 0.15) is 5.69 Å². The van der Waals surface area contributed by atoms with Gasteiger partial charge >= 0.3 is 0 Å². The summed E-state index contributed by atoms with van der Waals surface area (Å²) in [5, 5.41) is 1.49. The zero-order valence-corrected chi connectivity index (χ0v) is 24.1. The van der Waals surface area contributed by atoms with Crippen LogP contribution in [0.5, 0.6) is 11.5 Å². The Hall–Kier alpha value is -1.99. The highest BCUT2D eigenvalue weighted by molar-refractivity contribution is 5.88. The van der Waals surface area contributed by atoms with E-state index in [-0.39, 0.29) is 23.7 Å². The van der Waals surface area contributed by atoms with Gasteiger partial charge in [-0.2, -0.15) is 0 Å². The first-order valence-corrected chi connectivity index (χ1v) is 14.7. The second-order valence-corrected chi connectivity index (χ2v) is 13.2. The number of nitrogen functional groups attached to an aromatic ring is 1. The number of ketones is 1. The maximum absolute atomic E-state index is 13.8. The van der Waals surface area contributed by atoms with Crippen LogP contribution in [0.4, 0.5) is 11.4 Å². The van der Waals surface area contributed by atoms with Crippen LogP contribution in [0.25, 0.3) is 0 Å². The fourth-order valence-corrected chi connectivity index (χ4v) is 9.90. The lowest BCUT2D eigenvalue weighted by molar-refractivity contribution is -0.154. The quantitative estimate of drug-likeness (QED) is 0.263. The first-order chi connectivity index (χ1) is 18.2. The van der Waals surface area contributed by atoms with E-state index in [1.165, 1.54) is 43.5 Å². The molecule has 7 heteroatoms. The molecule has 0 radical (unpaired) electrons. The van der Waals surface area contributed by atoms with Crippen molar-refractivity contribution in [1.29, 1.82) is 0 Å². The topological polar surface area (TPSA) is 100 Å². The van der Waals surface area contributed by atoms with Gasteiger partial charge in [0.05, 0.1) is 33.1 Å². The fraction of sp³-hybridized carbons (Fsp3) is 0.774. The predicted octanol–water partition coefficient (Wildman–Crippen LogP) is 5.46. The average Bonchev–Trinajstić information content (AvgIpc) is 3.26. The predicted molar refractivity (Wildman–Crippen MR) is 151 cm³/mol. The van der Waals surface area contributed by atoms with Crippen LogP contribution >= 0.6 is 0 Å². The standard InChI is InChI=1S/C31H49N3O4/c1-19-12-15-31(18-36-3)20(16-19)6-7-21-22-8-9-24(30(22,2)14-13-23(21)31)26(35)17-34(33)25-10-11-27(37-4)29(38-5)28(25)32/h10-11,19-24H,6-9,12-18,32-33H2,1-5H3. The molecule has 4 fully saturated rings. The van der Waals surface area contributed by atoms with Crippen molar-refractivity contribution in [2.45, 2.75) is 71.6 Å². The lowest BCUT2D eigenvalue weighted by atomic mass is 9.44. The molecule has 4 saturated carbocycles. The van der Waals surface area contributed by atoms with E-state index >= 15 is 0 Å². The van der Waals surface area contributed by atoms with E-state index in [1.807, 2.05) is 7.11 Å². The highest BCUT2D eigenvalue weighted by Gasteiger charge is 2.62. The molecule has 0 aromatic heterocycles. The molecule has 4 N–H and O–H groups in total. The number of carbonyl (C=O) groups excluding carboxylic acids is 1. The second kappa shape index (κ2) is 10.5. The Labute approximate surface area is 228 Å². The number of hydrogen-bond acceptors (Lipinski definition) is 7. The first-order valence-electron chi connectivity index (χ1n) is 14.7. The molecule has 7 nitrogen and oxygen atoms in total. The van der Waals surface area contributed by atoms with Gasteiger partial charge in [-0.05, 0) is 104 Å². The summed E-state index contributed by atoms with van der Waals surface area (Å²) in [5.74, 6) is 11.4. The van der Waals surface area contributed by atoms with Crippen molar-refractivity contribution in [2.24, 2.45) is 52.2 Å². The number of rotatable bonds is 8. The normalized spacial score (nSPS) is 38.1. The van der Waals surface area contributed by atoms with Crippen LogP contribution in [0.2, 0.25) is 0 Å². The fourth-order valence-electron chi connectivity index (χ4n) is 9.90. The van der Waals surface area contributed by atoms with Gasteiger partial charge in [-0.1, -0.05) is 20.3 Å². The van der Waals surface area contributed by atoms with Gasteiger partial charge in [0, 0.05) is 13.0 Å². The smallest absolute Gasteiger partial charge is 0.185 e. The van der Waals surface area contributed by atoms with Crippen LogP contribution in [0.3, 0.4) is 0 Å². The molecule has 0 amide bonds. The lowest BCUT2D eigenvalue weighted by Gasteiger charge is -2.62. The Morgan fingerprint density at radius 2 is 1.82 bits per heavy atom. The third-order valence-electron chi connectivity index (χ3n) is 11.6. The van der Waals surface area contributed by atoms with E-state index in [9.17, 15) is 4.79 Å². The van der Waals surface area contributed by atoms with E-state index in [4.69, 9.17) is 25.8 Å². The molecule has 8 unspecified atom stereocenters. The number of nitrogens with zero attached hydrogens (tertiary/aromatic N) is 1. The Bertz CT molecular complexity index is 1030. The minimum absolute atomic E-state index is 0.0448. The van der Waals surface area contributed by atoms with Crippen LogP contribution in [-0.2, 0) is 9.53 Å². The van der Waals surface area contributed by atoms with Crippen LogP contribution in [0, 0.1) is 46.3 Å². The van der Waals surface area contributed by atoms with Crippen molar-refractivity contribution in [3.63, 3.8) is 0 Å². The number of fused-ring (bicyclic) bond motifs is 5. The summed E-state index contributed by atoms with van der Waals surface area (Å²) in [7, 11) is 5.03. The van der Waals surface area contributed by atoms with E-state index < -0.39 is 0 Å². The zero-order chi connectivity index (χ0) is 27.2. The third-order valence-corrected chi connectivity index (χ3v) is 11.6. The Morgan fingerprint density at radius 3 is 2.53 bits per heavy atom. The Balaban J connectivity index is 1.33. The number of hydrogen-bond donors (Lipinski definition) is 2. The van der Waals surface area contributed by atoms with Gasteiger partial charge in [0.2, 0.25) is 0 Å². The van der Waals surface area contributed by atoms with Gasteiger partial charge in [0.15, 0.2) is 17.3 Å². The Morgan fingerprint density at radius 1 is 1.03 bits per heavy atom. The third kappa shape index (κ3) is 4.28. The number of nitrogens with two attached hydrogens (primary N) is 2. The molecule has 38 heavy (non-hydrogen) atoms. The van der Waals surface area contributed by atoms with Gasteiger partial charge in [0.25, 0.3) is 0 Å². The van der Waals surface area contributed by atoms with E-state index in [0.717, 1.165) is 43.6 Å². The maximum atomic E-state index is 13.8. The van der Waals surface area contributed by atoms with Crippen molar-refractivity contribution >= 4 is 17.2 Å². The van der Waals surface area contributed by atoms with E-state index in [0.29, 0.717) is 40.1 Å². The molecular weight excluding hydrogens is 478 g/mol. The number of benzene rings is 1. The molecule has 1 aromatic rings. The highest BCUT2D eigenvalue weighted by atomic mass is 16.5. The molecule has 0 aliphatic heterocycles. The summed E-state index contributed by atoms with van der Waals surface area (Å²) in [6.07, 6.45) is 11.1. The first kappa shape index (κ1) is 27.6. The molecule has 0 saturated heterocycles. The molecule has 4 aliphatic rings. The lowest BCUT2D eigenvalue weighted by Crippen LogP contribution is -2.56. The van der Waals surface area contributed by atoms with E-state index in [2.05, 4.69) is 13.8 Å². The van der Waals surface area contributed by atoms with Gasteiger partial charge in [-0.25, -0.2) is 5.84 Å². The number of carbonyl (C=O) groups is 1. The van der Waals surface area contributed by atoms with Crippen LogP contribution in [0.15, 0.2) is 12.1 Å². The molecule has 0 bridgehead atoms. The zero-order valence-electron chi connectivity index (χ0n) is 24.1. The monoisotopic (exact) mass is 527 g/mol. The summed E-state index contributed by atoms with van der Waals surface area (Å²) < 4.78 is 16.7. The van der Waals surface area contributed by atoms with Crippen LogP contribution in [0.1, 0.15) is 71.6 Å². The molecule has 8 atom stereocenters. The molecular formula is C31H49N3O4. The van der Waals surface area contributed by atoms with Gasteiger partial charge < -0.3 is 25.0 Å². The van der Waals surface area contributed by atoms with E-state index in [1.54, 1.807) is 26.4 Å². The number of Topliss-reactive ketones (excluding diaryl/α,β-unsaturated/α-hetero) is 1. The SMILES string of the molecule is COCC12CCC(C)CC1CCC1C3CCC(C(=O)CN(N)c4ccc(OC)c(OC)c4N)C3(C)CCC12. The molecule has 0 heterocycles. The summed E-state index contributed by atoms with van der Waals surface area (Å²) in [6.45, 7) is 5.90. The van der Waals surface area contributed by atoms with Crippen molar-refractivity contribution in [1.82, 2.24) is 0 Å². The van der Waals surface area contributed by atoms with Crippen molar-refractivity contribution < 1.29 is 19.0 Å². The maximum Gasteiger partial charge on any atom is 0.185 e. The largest absolute Gasteiger partial charge is 0.493 e. The number of anilines is 2. The summed E-state index contributed by atoms with van der Waals surface area (Å²) in [5.41, 5.74) is 7.72. The van der Waals surface area contributed by atoms with Crippen LogP contribution < -0.4 is 26.1 Å². The molecule has 4 aliphatic carbocycles. The minimum atomic E-state index is 0.0448. The number of methoxy groups -OCH3 is 3. The molecule has 0 spiro atoms. The highest BCUT2D eigenvalue weighted by Crippen LogP contribution is 2.68. The number of ether oxygens (including phenoxy) is 3. The summed E-state index contributed by atoms with van der Waals surface area (Å²) in [6, 6.07) is 3.58. The van der Waals surface area contributed by atoms with Gasteiger partial charge in [-0.15, -0.1) is 0 Å². The molecule has 5 rings (SSSR count). The number of hydrazine groups is 1. The summed E-state index contributed by atoms with van der Waals surface area (Å²) in [4.78, 5) is 13.8. The minimum Gasteiger partial charge on any atom is -0.493 e. The molecule has 212 valence electrons.